The van der Waals surface area contributed by atoms with E-state index < -0.39 is 28.1 Å². The van der Waals surface area contributed by atoms with Gasteiger partial charge in [-0.3, -0.25) is 19.8 Å². The number of nitrogens with zero attached hydrogens (tertiary/aromatic N) is 3. The summed E-state index contributed by atoms with van der Waals surface area (Å²) in [6, 6.07) is 5.82. The van der Waals surface area contributed by atoms with Crippen LogP contribution in [0.3, 0.4) is 0 Å². The molecule has 33 heavy (non-hydrogen) atoms. The Morgan fingerprint density at radius 2 is 1.97 bits per heavy atom. The van der Waals surface area contributed by atoms with Gasteiger partial charge in [-0.15, -0.1) is 11.3 Å². The number of nitro benzene ring substituents is 1. The zero-order valence-corrected chi connectivity index (χ0v) is 19.1. The minimum atomic E-state index is -4.85. The van der Waals surface area contributed by atoms with Crippen LogP contribution in [0.1, 0.15) is 29.3 Å². The van der Waals surface area contributed by atoms with Crippen molar-refractivity contribution in [1.29, 1.82) is 0 Å². The van der Waals surface area contributed by atoms with E-state index in [1.165, 1.54) is 11.8 Å². The van der Waals surface area contributed by atoms with E-state index in [4.69, 9.17) is 16.3 Å². The lowest BCUT2D eigenvalue weighted by atomic mass is 10.1. The fraction of sp³-hybridized carbons (Fsp3) is 0.238. The van der Waals surface area contributed by atoms with E-state index in [1.807, 2.05) is 13.0 Å². The summed E-state index contributed by atoms with van der Waals surface area (Å²) in [4.78, 5) is 27.9. The quantitative estimate of drug-likeness (QED) is 0.281. The fourth-order valence-electron chi connectivity index (χ4n) is 3.17. The Hall–Kier alpha value is -3.18. The maximum Gasteiger partial charge on any atom is 0.420 e. The zero-order valence-electron chi connectivity index (χ0n) is 17.6. The Balaban J connectivity index is 1.88. The van der Waals surface area contributed by atoms with Gasteiger partial charge in [-0.25, -0.2) is 4.98 Å². The highest BCUT2D eigenvalue weighted by Gasteiger charge is 2.36. The van der Waals surface area contributed by atoms with Gasteiger partial charge in [0.15, 0.2) is 5.13 Å². The number of nitro groups is 1. The number of ether oxygens (including phenoxy) is 1. The largest absolute Gasteiger partial charge is 0.487 e. The average molecular weight is 500 g/mol. The van der Waals surface area contributed by atoms with Crippen molar-refractivity contribution in [3.05, 3.63) is 73.2 Å². The van der Waals surface area contributed by atoms with Crippen molar-refractivity contribution in [2.24, 2.45) is 0 Å². The van der Waals surface area contributed by atoms with Gasteiger partial charge in [0.1, 0.15) is 17.9 Å². The van der Waals surface area contributed by atoms with Crippen molar-refractivity contribution < 1.29 is 27.6 Å². The number of halogens is 4. The molecule has 1 heterocycles. The van der Waals surface area contributed by atoms with E-state index in [2.05, 4.69) is 4.98 Å². The lowest BCUT2D eigenvalue weighted by Gasteiger charge is -2.22. The van der Waals surface area contributed by atoms with Crippen molar-refractivity contribution in [2.75, 3.05) is 4.90 Å². The first-order valence-corrected chi connectivity index (χ1v) is 10.6. The van der Waals surface area contributed by atoms with Crippen LogP contribution in [0.15, 0.2) is 35.7 Å². The van der Waals surface area contributed by atoms with E-state index >= 15 is 0 Å². The van der Waals surface area contributed by atoms with E-state index in [1.54, 1.807) is 18.4 Å². The molecule has 0 atom stereocenters. The number of alkyl halides is 3. The Kier molecular flexibility index (Phi) is 6.94. The molecular weight excluding hydrogens is 483 g/mol. The van der Waals surface area contributed by atoms with Gasteiger partial charge in [0, 0.05) is 24.4 Å². The molecule has 3 rings (SSSR count). The molecule has 0 unspecified atom stereocenters. The molecule has 0 N–H and O–H groups in total. The van der Waals surface area contributed by atoms with E-state index in [0.717, 1.165) is 34.6 Å². The summed E-state index contributed by atoms with van der Waals surface area (Å²) >= 11 is 7.47. The maximum atomic E-state index is 13.3. The van der Waals surface area contributed by atoms with Crippen LogP contribution in [0.25, 0.3) is 0 Å². The Labute approximate surface area is 195 Å². The minimum Gasteiger partial charge on any atom is -0.487 e. The van der Waals surface area contributed by atoms with E-state index in [-0.39, 0.29) is 23.3 Å². The number of carbonyl (C=O) groups excluding carboxylic acids is 1. The first-order valence-electron chi connectivity index (χ1n) is 9.38. The molecule has 0 spiro atoms. The number of aryl methyl sites for hydroxylation is 2. The predicted molar refractivity (Wildman–Crippen MR) is 118 cm³/mol. The summed E-state index contributed by atoms with van der Waals surface area (Å²) in [6.07, 6.45) is -4.85. The van der Waals surface area contributed by atoms with Gasteiger partial charge >= 0.3 is 6.18 Å². The van der Waals surface area contributed by atoms with Gasteiger partial charge in [-0.2, -0.15) is 13.2 Å². The highest BCUT2D eigenvalue weighted by molar-refractivity contribution is 7.14. The third-order valence-electron chi connectivity index (χ3n) is 4.52. The number of anilines is 2. The third kappa shape index (κ3) is 5.42. The first-order chi connectivity index (χ1) is 15.4. The van der Waals surface area contributed by atoms with Gasteiger partial charge in [0.2, 0.25) is 5.91 Å². The highest BCUT2D eigenvalue weighted by atomic mass is 35.5. The molecule has 0 aliphatic carbocycles. The van der Waals surface area contributed by atoms with Gasteiger partial charge < -0.3 is 4.74 Å². The van der Waals surface area contributed by atoms with Crippen molar-refractivity contribution in [1.82, 2.24) is 4.98 Å². The van der Waals surface area contributed by atoms with Crippen LogP contribution in [0.5, 0.6) is 5.75 Å². The second-order valence-electron chi connectivity index (χ2n) is 7.11. The molecule has 0 aliphatic rings. The molecular formula is C21H17ClF3N3O4S. The number of hydrogen-bond acceptors (Lipinski definition) is 6. The lowest BCUT2D eigenvalue weighted by molar-refractivity contribution is -0.385. The molecule has 0 radical (unpaired) electrons. The zero-order chi connectivity index (χ0) is 24.5. The Morgan fingerprint density at radius 3 is 2.55 bits per heavy atom. The molecule has 174 valence electrons. The van der Waals surface area contributed by atoms with Gasteiger partial charge in [0.25, 0.3) is 5.69 Å². The molecule has 2 aromatic carbocycles. The predicted octanol–water partition coefficient (Wildman–Crippen LogP) is 6.60. The maximum absolute atomic E-state index is 13.3. The Bertz CT molecular complexity index is 1210. The van der Waals surface area contributed by atoms with Crippen LogP contribution in [-0.2, 0) is 17.6 Å². The first kappa shape index (κ1) is 24.5. The lowest BCUT2D eigenvalue weighted by Crippen LogP contribution is -2.24. The summed E-state index contributed by atoms with van der Waals surface area (Å²) in [5, 5.41) is 13.0. The van der Waals surface area contributed by atoms with Gasteiger partial charge in [-0.1, -0.05) is 17.7 Å². The molecule has 0 saturated heterocycles. The van der Waals surface area contributed by atoms with Crippen LogP contribution in [0.2, 0.25) is 5.02 Å². The summed E-state index contributed by atoms with van der Waals surface area (Å²) in [7, 11) is 0. The fourth-order valence-corrected chi connectivity index (χ4v) is 4.44. The second-order valence-corrected chi connectivity index (χ2v) is 8.36. The van der Waals surface area contributed by atoms with Crippen LogP contribution < -0.4 is 9.64 Å². The topological polar surface area (TPSA) is 85.6 Å². The molecule has 1 amide bonds. The standard InChI is InChI=1S/C21H17ClF3N3O4S/c1-11-6-12(2)19(17(22)7-11)27(13(3)29)20-26-14(10-33-20)9-32-18-5-4-15(28(30)31)8-16(18)21(23,24)25/h4-8,10H,9H2,1-3H3. The number of non-ortho nitro benzene ring substituents is 1. The smallest absolute Gasteiger partial charge is 0.420 e. The number of aromatic nitrogens is 1. The molecule has 0 bridgehead atoms. The monoisotopic (exact) mass is 499 g/mol. The molecule has 3 aromatic rings. The number of thiazole rings is 1. The number of amides is 1. The number of hydrogen-bond donors (Lipinski definition) is 0. The SMILES string of the molecule is CC(=O)N(c1nc(COc2ccc([N+](=O)[O-])cc2C(F)(F)F)cs1)c1c(C)cc(C)cc1Cl. The number of carbonyl (C=O) groups is 1. The second kappa shape index (κ2) is 9.36. The Morgan fingerprint density at radius 1 is 1.27 bits per heavy atom. The molecule has 0 fully saturated rings. The number of benzene rings is 2. The minimum absolute atomic E-state index is 0.272. The third-order valence-corrected chi connectivity index (χ3v) is 5.69. The number of rotatable bonds is 6. The summed E-state index contributed by atoms with van der Waals surface area (Å²) in [6.45, 7) is 4.67. The normalized spacial score (nSPS) is 11.4. The van der Waals surface area contributed by atoms with Crippen molar-refractivity contribution >= 4 is 45.4 Å². The molecule has 0 aliphatic heterocycles. The molecule has 0 saturated carbocycles. The highest BCUT2D eigenvalue weighted by Crippen LogP contribution is 2.40. The van der Waals surface area contributed by atoms with Gasteiger partial charge in [-0.05, 0) is 37.1 Å². The average Bonchev–Trinajstić information content (AvgIpc) is 3.16. The van der Waals surface area contributed by atoms with Crippen LogP contribution in [0.4, 0.5) is 29.7 Å². The molecule has 12 heteroatoms. The molecule has 7 nitrogen and oxygen atoms in total. The van der Waals surface area contributed by atoms with E-state index in [0.29, 0.717) is 16.8 Å². The summed E-state index contributed by atoms with van der Waals surface area (Å²) in [5.74, 6) is -0.913. The van der Waals surface area contributed by atoms with Crippen molar-refractivity contribution in [3.8, 4) is 5.75 Å². The van der Waals surface area contributed by atoms with Crippen molar-refractivity contribution in [2.45, 2.75) is 33.6 Å². The van der Waals surface area contributed by atoms with E-state index in [9.17, 15) is 28.1 Å². The summed E-state index contributed by atoms with van der Waals surface area (Å²) in [5.41, 5.74) is 0.443. The van der Waals surface area contributed by atoms with Crippen molar-refractivity contribution in [3.63, 3.8) is 0 Å². The summed E-state index contributed by atoms with van der Waals surface area (Å²) < 4.78 is 45.3. The molecule has 1 aromatic heterocycles. The van der Waals surface area contributed by atoms with Gasteiger partial charge in [0.05, 0.1) is 21.3 Å². The van der Waals surface area contributed by atoms with Crippen LogP contribution in [-0.4, -0.2) is 15.8 Å². The van der Waals surface area contributed by atoms with Crippen LogP contribution in [0, 0.1) is 24.0 Å². The van der Waals surface area contributed by atoms with Crippen LogP contribution >= 0.6 is 22.9 Å².